The number of carbonyl (C=O) groups is 2. The van der Waals surface area contributed by atoms with Crippen molar-refractivity contribution >= 4 is 23.4 Å². The quantitative estimate of drug-likeness (QED) is 0.619. The summed E-state index contributed by atoms with van der Waals surface area (Å²) in [6.07, 6.45) is 4.38. The van der Waals surface area contributed by atoms with Crippen molar-refractivity contribution in [1.29, 1.82) is 0 Å². The molecule has 0 unspecified atom stereocenters. The molecule has 8 heteroatoms. The van der Waals surface area contributed by atoms with Crippen LogP contribution in [0.3, 0.4) is 0 Å². The Hall–Kier alpha value is -3.68. The van der Waals surface area contributed by atoms with Crippen LogP contribution < -0.4 is 10.6 Å². The molecular formula is C19H18N4O4. The maximum Gasteiger partial charge on any atom is 0.338 e. The number of ether oxygens (including phenoxy) is 1. The predicted octanol–water partition coefficient (Wildman–Crippen LogP) is 2.92. The molecule has 0 aliphatic rings. The number of hydrogen-bond acceptors (Lipinski definition) is 7. The molecule has 0 bridgehead atoms. The van der Waals surface area contributed by atoms with Crippen LogP contribution in [0, 0.1) is 0 Å². The van der Waals surface area contributed by atoms with Crippen molar-refractivity contribution in [1.82, 2.24) is 15.3 Å². The summed E-state index contributed by atoms with van der Waals surface area (Å²) in [7, 11) is 0. The fourth-order valence-electron chi connectivity index (χ4n) is 2.23. The van der Waals surface area contributed by atoms with Gasteiger partial charge in [0.2, 0.25) is 0 Å². The van der Waals surface area contributed by atoms with Gasteiger partial charge in [0.05, 0.1) is 37.4 Å². The third-order valence-corrected chi connectivity index (χ3v) is 3.56. The molecule has 1 amide bonds. The van der Waals surface area contributed by atoms with Gasteiger partial charge in [0.15, 0.2) is 0 Å². The lowest BCUT2D eigenvalue weighted by Crippen LogP contribution is -2.23. The maximum atomic E-state index is 12.0. The van der Waals surface area contributed by atoms with Crippen LogP contribution in [0.2, 0.25) is 0 Å². The zero-order valence-corrected chi connectivity index (χ0v) is 14.6. The number of esters is 1. The number of anilines is 2. The van der Waals surface area contributed by atoms with Crippen molar-refractivity contribution in [3.8, 4) is 0 Å². The van der Waals surface area contributed by atoms with E-state index in [9.17, 15) is 9.59 Å². The fraction of sp³-hybridized carbons (Fsp3) is 0.158. The summed E-state index contributed by atoms with van der Waals surface area (Å²) in [5.41, 5.74) is 1.40. The molecule has 3 rings (SSSR count). The highest BCUT2D eigenvalue weighted by Gasteiger charge is 2.09. The molecule has 0 radical (unpaired) electrons. The number of rotatable bonds is 7. The molecule has 0 saturated carbocycles. The zero-order chi connectivity index (χ0) is 19.1. The third kappa shape index (κ3) is 4.91. The van der Waals surface area contributed by atoms with E-state index in [1.54, 1.807) is 49.6 Å². The number of carbonyl (C=O) groups excluding carboxylic acids is 2. The van der Waals surface area contributed by atoms with Crippen LogP contribution in [0.25, 0.3) is 0 Å². The third-order valence-electron chi connectivity index (χ3n) is 3.56. The summed E-state index contributed by atoms with van der Waals surface area (Å²) in [6, 6.07) is 10.3. The van der Waals surface area contributed by atoms with E-state index >= 15 is 0 Å². The molecule has 0 aliphatic carbocycles. The van der Waals surface area contributed by atoms with Gasteiger partial charge in [0.1, 0.15) is 17.3 Å². The van der Waals surface area contributed by atoms with Gasteiger partial charge >= 0.3 is 5.97 Å². The lowest BCUT2D eigenvalue weighted by atomic mass is 10.2. The van der Waals surface area contributed by atoms with Crippen molar-refractivity contribution in [3.05, 3.63) is 72.1 Å². The molecule has 2 heterocycles. The molecule has 2 aromatic heterocycles. The van der Waals surface area contributed by atoms with Gasteiger partial charge < -0.3 is 19.8 Å². The Morgan fingerprint density at radius 3 is 2.56 bits per heavy atom. The largest absolute Gasteiger partial charge is 0.467 e. The monoisotopic (exact) mass is 366 g/mol. The Balaban J connectivity index is 1.57. The van der Waals surface area contributed by atoms with E-state index in [0.29, 0.717) is 23.7 Å². The molecular weight excluding hydrogens is 348 g/mol. The highest BCUT2D eigenvalue weighted by atomic mass is 16.5. The molecule has 1 aromatic carbocycles. The van der Waals surface area contributed by atoms with Gasteiger partial charge in [-0.15, -0.1) is 0 Å². The van der Waals surface area contributed by atoms with E-state index in [4.69, 9.17) is 9.15 Å². The van der Waals surface area contributed by atoms with Gasteiger partial charge in [-0.3, -0.25) is 4.79 Å². The number of benzene rings is 1. The van der Waals surface area contributed by atoms with Crippen LogP contribution in [0.15, 0.2) is 59.5 Å². The van der Waals surface area contributed by atoms with Crippen LogP contribution in [0.4, 0.5) is 11.5 Å². The molecule has 138 valence electrons. The lowest BCUT2D eigenvalue weighted by molar-refractivity contribution is 0.0526. The average Bonchev–Trinajstić information content (AvgIpc) is 3.21. The van der Waals surface area contributed by atoms with E-state index in [1.807, 2.05) is 0 Å². The average molecular weight is 366 g/mol. The van der Waals surface area contributed by atoms with Gasteiger partial charge in [-0.25, -0.2) is 14.8 Å². The van der Waals surface area contributed by atoms with Crippen LogP contribution in [0.5, 0.6) is 0 Å². The number of nitrogens with one attached hydrogen (secondary N) is 2. The fourth-order valence-corrected chi connectivity index (χ4v) is 2.23. The summed E-state index contributed by atoms with van der Waals surface area (Å²) < 4.78 is 10.1. The summed E-state index contributed by atoms with van der Waals surface area (Å²) >= 11 is 0. The molecule has 8 nitrogen and oxygen atoms in total. The smallest absolute Gasteiger partial charge is 0.338 e. The van der Waals surface area contributed by atoms with Crippen molar-refractivity contribution in [2.75, 3.05) is 11.9 Å². The normalized spacial score (nSPS) is 10.3. The second-order valence-corrected chi connectivity index (χ2v) is 5.47. The molecule has 0 saturated heterocycles. The number of nitrogens with zero attached hydrogens (tertiary/aromatic N) is 2. The standard InChI is InChI=1S/C19H18N4O4/c1-2-26-19(25)13-5-7-14(8-6-13)23-17-12-20-16(11-21-17)18(24)22-10-15-4-3-9-27-15/h3-9,11-12H,2,10H2,1H3,(H,21,23)(H,22,24). The van der Waals surface area contributed by atoms with E-state index in [1.165, 1.54) is 12.4 Å². The van der Waals surface area contributed by atoms with Gasteiger partial charge in [-0.2, -0.15) is 0 Å². The van der Waals surface area contributed by atoms with Gasteiger partial charge in [0, 0.05) is 5.69 Å². The second kappa shape index (κ2) is 8.61. The minimum absolute atomic E-state index is 0.199. The van der Waals surface area contributed by atoms with Gasteiger partial charge in [-0.05, 0) is 43.3 Å². The first-order chi connectivity index (χ1) is 13.2. The van der Waals surface area contributed by atoms with E-state index in [2.05, 4.69) is 20.6 Å². The Morgan fingerprint density at radius 2 is 1.93 bits per heavy atom. The van der Waals surface area contributed by atoms with Crippen molar-refractivity contribution < 1.29 is 18.7 Å². The predicted molar refractivity (Wildman–Crippen MR) is 97.6 cm³/mol. The number of furan rings is 1. The molecule has 0 fully saturated rings. The summed E-state index contributed by atoms with van der Waals surface area (Å²) in [5, 5.41) is 5.75. The van der Waals surface area contributed by atoms with E-state index in [0.717, 1.165) is 5.69 Å². The SMILES string of the molecule is CCOC(=O)c1ccc(Nc2cnc(C(=O)NCc3ccco3)cn2)cc1. The number of aromatic nitrogens is 2. The molecule has 3 aromatic rings. The van der Waals surface area contributed by atoms with Crippen molar-refractivity contribution in [2.45, 2.75) is 13.5 Å². The summed E-state index contributed by atoms with van der Waals surface area (Å²) in [6.45, 7) is 2.36. The van der Waals surface area contributed by atoms with E-state index < -0.39 is 0 Å². The second-order valence-electron chi connectivity index (χ2n) is 5.47. The highest BCUT2D eigenvalue weighted by Crippen LogP contribution is 2.15. The van der Waals surface area contributed by atoms with Crippen LogP contribution in [-0.4, -0.2) is 28.5 Å². The van der Waals surface area contributed by atoms with Crippen LogP contribution >= 0.6 is 0 Å². The molecule has 2 N–H and O–H groups in total. The minimum atomic E-state index is -0.367. The van der Waals surface area contributed by atoms with Crippen LogP contribution in [-0.2, 0) is 11.3 Å². The Bertz CT molecular complexity index is 890. The highest BCUT2D eigenvalue weighted by molar-refractivity contribution is 5.92. The first-order valence-corrected chi connectivity index (χ1v) is 8.32. The lowest BCUT2D eigenvalue weighted by Gasteiger charge is -2.07. The zero-order valence-electron chi connectivity index (χ0n) is 14.6. The Morgan fingerprint density at radius 1 is 1.11 bits per heavy atom. The summed E-state index contributed by atoms with van der Waals surface area (Å²) in [5.74, 6) is 0.417. The topological polar surface area (TPSA) is 106 Å². The Labute approximate surface area is 155 Å². The van der Waals surface area contributed by atoms with Crippen LogP contribution in [0.1, 0.15) is 33.5 Å². The molecule has 0 aliphatic heterocycles. The first kappa shape index (κ1) is 18.1. The minimum Gasteiger partial charge on any atom is -0.467 e. The van der Waals surface area contributed by atoms with Gasteiger partial charge in [-0.1, -0.05) is 0 Å². The van der Waals surface area contributed by atoms with E-state index in [-0.39, 0.29) is 24.1 Å². The molecule has 27 heavy (non-hydrogen) atoms. The summed E-state index contributed by atoms with van der Waals surface area (Å²) in [4.78, 5) is 32.0. The number of hydrogen-bond donors (Lipinski definition) is 2. The molecule has 0 atom stereocenters. The maximum absolute atomic E-state index is 12.0. The molecule has 0 spiro atoms. The van der Waals surface area contributed by atoms with Gasteiger partial charge in [0.25, 0.3) is 5.91 Å². The first-order valence-electron chi connectivity index (χ1n) is 8.32. The Kier molecular flexibility index (Phi) is 5.78. The van der Waals surface area contributed by atoms with Crippen molar-refractivity contribution in [2.24, 2.45) is 0 Å². The number of amides is 1. The van der Waals surface area contributed by atoms with Crippen molar-refractivity contribution in [3.63, 3.8) is 0 Å².